The van der Waals surface area contributed by atoms with E-state index >= 15 is 0 Å². The number of alkyl halides is 5. The minimum absolute atomic E-state index is 0.0387. The summed E-state index contributed by atoms with van der Waals surface area (Å²) in [5.74, 6) is -2.06. The minimum atomic E-state index is -4.90. The molecule has 2 atom stereocenters. The third-order valence-corrected chi connectivity index (χ3v) is 6.12. The van der Waals surface area contributed by atoms with E-state index < -0.39 is 54.4 Å². The Bertz CT molecular complexity index is 1390. The van der Waals surface area contributed by atoms with Gasteiger partial charge in [0.1, 0.15) is 23.2 Å². The first-order chi connectivity index (χ1) is 18.5. The number of methoxy groups -OCH3 is 1. The number of nitrogens with zero attached hydrogens (tertiary/aromatic N) is 2. The molecule has 2 heterocycles. The summed E-state index contributed by atoms with van der Waals surface area (Å²) < 4.78 is 73.0. The number of amides is 2. The van der Waals surface area contributed by atoms with Crippen molar-refractivity contribution in [3.8, 4) is 11.5 Å². The van der Waals surface area contributed by atoms with Gasteiger partial charge in [-0.25, -0.2) is 8.78 Å². The van der Waals surface area contributed by atoms with Crippen LogP contribution in [0.25, 0.3) is 0 Å². The number of carbonyl (C=O) groups excluding carboxylic acids is 2. The fourth-order valence-electron chi connectivity index (χ4n) is 4.32. The van der Waals surface area contributed by atoms with Gasteiger partial charge in [-0.2, -0.15) is 0 Å². The number of benzene rings is 2. The smallest absolute Gasteiger partial charge is 0.497 e. The molecule has 1 unspecified atom stereocenters. The maximum Gasteiger partial charge on any atom is 0.573 e. The van der Waals surface area contributed by atoms with Crippen molar-refractivity contribution in [2.75, 3.05) is 18.6 Å². The first kappa shape index (κ1) is 27.6. The van der Waals surface area contributed by atoms with Crippen LogP contribution < -0.4 is 25.2 Å². The Morgan fingerprint density at radius 3 is 2.26 bits per heavy atom. The van der Waals surface area contributed by atoms with E-state index in [0.717, 1.165) is 33.7 Å². The highest BCUT2D eigenvalue weighted by molar-refractivity contribution is 6.05. The number of carbonyl (C=O) groups is 2. The topological polar surface area (TPSA) is 89.9 Å². The van der Waals surface area contributed by atoms with Crippen LogP contribution in [-0.4, -0.2) is 48.9 Å². The molecule has 0 saturated carbocycles. The standard InChI is InChI=1S/C26H22F5N3O5/c1-38-17-8-4-15(5-9-17)19-13-34(20-3-2-12-33(24(20)36)14-21(27)28)25(37)22(19)32-23(35)16-6-10-18(11-7-16)39-26(29,30)31/h2-12,19,21-22H,13-14H2,1H3,(H,32,35)/t19-,22?/m0/s1. The summed E-state index contributed by atoms with van der Waals surface area (Å²) in [6.45, 7) is -0.909. The zero-order chi connectivity index (χ0) is 28.3. The molecule has 206 valence electrons. The van der Waals surface area contributed by atoms with Crippen LogP contribution in [0.1, 0.15) is 21.8 Å². The van der Waals surface area contributed by atoms with Crippen LogP contribution in [0, 0.1) is 0 Å². The van der Waals surface area contributed by atoms with Gasteiger partial charge < -0.3 is 24.3 Å². The molecule has 1 aliphatic heterocycles. The van der Waals surface area contributed by atoms with Gasteiger partial charge in [0, 0.05) is 24.2 Å². The third-order valence-electron chi connectivity index (χ3n) is 6.12. The highest BCUT2D eigenvalue weighted by atomic mass is 19.4. The van der Waals surface area contributed by atoms with Crippen LogP contribution in [0.4, 0.5) is 27.6 Å². The molecule has 0 radical (unpaired) electrons. The number of anilines is 1. The number of halogens is 5. The molecule has 0 aliphatic carbocycles. The van der Waals surface area contributed by atoms with Gasteiger partial charge in [-0.05, 0) is 54.1 Å². The Morgan fingerprint density at radius 2 is 1.67 bits per heavy atom. The Morgan fingerprint density at radius 1 is 1.03 bits per heavy atom. The lowest BCUT2D eigenvalue weighted by Crippen LogP contribution is -2.44. The summed E-state index contributed by atoms with van der Waals surface area (Å²) >= 11 is 0. The van der Waals surface area contributed by atoms with Crippen LogP contribution in [-0.2, 0) is 11.3 Å². The molecule has 1 aromatic heterocycles. The lowest BCUT2D eigenvalue weighted by molar-refractivity contribution is -0.274. The number of hydrogen-bond acceptors (Lipinski definition) is 5. The summed E-state index contributed by atoms with van der Waals surface area (Å²) in [4.78, 5) is 40.5. The third kappa shape index (κ3) is 6.36. The molecular weight excluding hydrogens is 529 g/mol. The Labute approximate surface area is 218 Å². The first-order valence-electron chi connectivity index (χ1n) is 11.6. The maximum atomic E-state index is 13.5. The zero-order valence-electron chi connectivity index (χ0n) is 20.3. The van der Waals surface area contributed by atoms with Crippen molar-refractivity contribution in [3.05, 3.63) is 88.3 Å². The normalized spacial score (nSPS) is 17.4. The van der Waals surface area contributed by atoms with Crippen molar-refractivity contribution in [2.24, 2.45) is 0 Å². The van der Waals surface area contributed by atoms with Crippen LogP contribution in [0.15, 0.2) is 71.7 Å². The number of rotatable bonds is 8. The van der Waals surface area contributed by atoms with Gasteiger partial charge in [-0.15, -0.1) is 13.2 Å². The van der Waals surface area contributed by atoms with Gasteiger partial charge in [-0.1, -0.05) is 12.1 Å². The number of pyridine rings is 1. The Hall–Kier alpha value is -4.42. The van der Waals surface area contributed by atoms with E-state index in [2.05, 4.69) is 10.1 Å². The van der Waals surface area contributed by atoms with Crippen LogP contribution >= 0.6 is 0 Å². The molecular formula is C26H22F5N3O5. The molecule has 2 aromatic carbocycles. The molecule has 3 aromatic rings. The number of ether oxygens (including phenoxy) is 2. The monoisotopic (exact) mass is 551 g/mol. The van der Waals surface area contributed by atoms with Crippen molar-refractivity contribution >= 4 is 17.5 Å². The van der Waals surface area contributed by atoms with Crippen LogP contribution in [0.5, 0.6) is 11.5 Å². The lowest BCUT2D eigenvalue weighted by atomic mass is 9.93. The largest absolute Gasteiger partial charge is 0.573 e. The molecule has 2 amide bonds. The van der Waals surface area contributed by atoms with Crippen molar-refractivity contribution in [1.82, 2.24) is 9.88 Å². The molecule has 0 bridgehead atoms. The highest BCUT2D eigenvalue weighted by Crippen LogP contribution is 2.32. The average molecular weight is 551 g/mol. The van der Waals surface area contributed by atoms with E-state index in [1.54, 1.807) is 24.3 Å². The summed E-state index contributed by atoms with van der Waals surface area (Å²) in [7, 11) is 1.48. The van der Waals surface area contributed by atoms with E-state index in [9.17, 15) is 36.3 Å². The lowest BCUT2D eigenvalue weighted by Gasteiger charge is -2.19. The summed E-state index contributed by atoms with van der Waals surface area (Å²) in [6, 6.07) is 12.3. The van der Waals surface area contributed by atoms with Gasteiger partial charge in [0.15, 0.2) is 0 Å². The van der Waals surface area contributed by atoms with E-state index in [-0.39, 0.29) is 17.8 Å². The molecule has 4 rings (SSSR count). The van der Waals surface area contributed by atoms with Gasteiger partial charge in [0.2, 0.25) is 5.91 Å². The molecule has 1 N–H and O–H groups in total. The second-order valence-electron chi connectivity index (χ2n) is 8.59. The predicted molar refractivity (Wildman–Crippen MR) is 129 cm³/mol. The Kier molecular flexibility index (Phi) is 7.88. The maximum absolute atomic E-state index is 13.5. The predicted octanol–water partition coefficient (Wildman–Crippen LogP) is 3.95. The molecule has 8 nitrogen and oxygen atoms in total. The van der Waals surface area contributed by atoms with Crippen molar-refractivity contribution < 1.29 is 41.0 Å². The molecule has 0 spiro atoms. The fourth-order valence-corrected chi connectivity index (χ4v) is 4.32. The summed E-state index contributed by atoms with van der Waals surface area (Å²) in [5, 5.41) is 2.60. The first-order valence-corrected chi connectivity index (χ1v) is 11.6. The van der Waals surface area contributed by atoms with Crippen LogP contribution in [0.2, 0.25) is 0 Å². The second kappa shape index (κ2) is 11.1. The second-order valence-corrected chi connectivity index (χ2v) is 8.59. The van der Waals surface area contributed by atoms with Crippen molar-refractivity contribution in [3.63, 3.8) is 0 Å². The van der Waals surface area contributed by atoms with Gasteiger partial charge in [0.05, 0.1) is 13.7 Å². The van der Waals surface area contributed by atoms with E-state index in [4.69, 9.17) is 4.74 Å². The molecule has 39 heavy (non-hydrogen) atoms. The van der Waals surface area contributed by atoms with Crippen molar-refractivity contribution in [1.29, 1.82) is 0 Å². The number of hydrogen-bond donors (Lipinski definition) is 1. The Balaban J connectivity index is 1.64. The summed E-state index contributed by atoms with van der Waals surface area (Å²) in [5.41, 5.74) is -0.350. The van der Waals surface area contributed by atoms with Crippen LogP contribution in [0.3, 0.4) is 0 Å². The zero-order valence-corrected chi connectivity index (χ0v) is 20.3. The molecule has 13 heteroatoms. The number of nitrogens with one attached hydrogen (secondary N) is 1. The van der Waals surface area contributed by atoms with Gasteiger partial charge in [0.25, 0.3) is 17.9 Å². The SMILES string of the molecule is COc1ccc([C@@H]2CN(c3cccn(CC(F)F)c3=O)C(=O)C2NC(=O)c2ccc(OC(F)(F)F)cc2)cc1. The minimum Gasteiger partial charge on any atom is -0.497 e. The van der Waals surface area contributed by atoms with Crippen molar-refractivity contribution in [2.45, 2.75) is 31.3 Å². The molecule has 1 aliphatic rings. The molecule has 1 saturated heterocycles. The van der Waals surface area contributed by atoms with Gasteiger partial charge >= 0.3 is 6.36 Å². The van der Waals surface area contributed by atoms with E-state index in [1.807, 2.05) is 0 Å². The number of aromatic nitrogens is 1. The molecule has 1 fully saturated rings. The average Bonchev–Trinajstić information content (AvgIpc) is 3.20. The fraction of sp³-hybridized carbons (Fsp3) is 0.269. The van der Waals surface area contributed by atoms with E-state index in [1.165, 1.54) is 25.4 Å². The van der Waals surface area contributed by atoms with Gasteiger partial charge in [-0.3, -0.25) is 14.4 Å². The summed E-state index contributed by atoms with van der Waals surface area (Å²) in [6.07, 6.45) is -6.51. The highest BCUT2D eigenvalue weighted by Gasteiger charge is 2.43. The quantitative estimate of drug-likeness (QED) is 0.429. The van der Waals surface area contributed by atoms with E-state index in [0.29, 0.717) is 11.3 Å².